The SMILES string of the molecule is CCOc1cccc(NC(=O)COc2ccc(Cl)cc2)c1. The Balaban J connectivity index is 1.86. The van der Waals surface area contributed by atoms with E-state index in [1.807, 2.05) is 19.1 Å². The summed E-state index contributed by atoms with van der Waals surface area (Å²) < 4.78 is 10.7. The summed E-state index contributed by atoms with van der Waals surface area (Å²) in [7, 11) is 0. The van der Waals surface area contributed by atoms with E-state index in [0.29, 0.717) is 28.8 Å². The third kappa shape index (κ3) is 5.00. The minimum Gasteiger partial charge on any atom is -0.494 e. The first-order chi connectivity index (χ1) is 10.2. The smallest absolute Gasteiger partial charge is 0.262 e. The number of halogens is 1. The maximum atomic E-state index is 11.8. The number of carbonyl (C=O) groups excluding carboxylic acids is 1. The number of anilines is 1. The van der Waals surface area contributed by atoms with Crippen molar-refractivity contribution in [2.75, 3.05) is 18.5 Å². The number of carbonyl (C=O) groups is 1. The van der Waals surface area contributed by atoms with Gasteiger partial charge in [-0.3, -0.25) is 4.79 Å². The van der Waals surface area contributed by atoms with Gasteiger partial charge in [0.15, 0.2) is 6.61 Å². The number of nitrogens with one attached hydrogen (secondary N) is 1. The van der Waals surface area contributed by atoms with E-state index in [2.05, 4.69) is 5.32 Å². The molecule has 0 radical (unpaired) electrons. The molecule has 1 N–H and O–H groups in total. The molecule has 0 aromatic heterocycles. The van der Waals surface area contributed by atoms with Crippen LogP contribution in [0, 0.1) is 0 Å². The molecular weight excluding hydrogens is 290 g/mol. The molecule has 5 heteroatoms. The van der Waals surface area contributed by atoms with Crippen LogP contribution in [-0.2, 0) is 4.79 Å². The Morgan fingerprint density at radius 3 is 2.57 bits per heavy atom. The van der Waals surface area contributed by atoms with E-state index in [1.165, 1.54) is 0 Å². The first-order valence-electron chi connectivity index (χ1n) is 6.58. The van der Waals surface area contributed by atoms with Gasteiger partial charge in [-0.15, -0.1) is 0 Å². The zero-order chi connectivity index (χ0) is 15.1. The summed E-state index contributed by atoms with van der Waals surface area (Å²) in [4.78, 5) is 11.8. The largest absolute Gasteiger partial charge is 0.494 e. The predicted molar refractivity (Wildman–Crippen MR) is 83.2 cm³/mol. The summed E-state index contributed by atoms with van der Waals surface area (Å²) in [6.07, 6.45) is 0. The number of rotatable bonds is 6. The highest BCUT2D eigenvalue weighted by atomic mass is 35.5. The van der Waals surface area contributed by atoms with Gasteiger partial charge in [-0.25, -0.2) is 0 Å². The minimum atomic E-state index is -0.237. The zero-order valence-corrected chi connectivity index (χ0v) is 12.4. The van der Waals surface area contributed by atoms with E-state index >= 15 is 0 Å². The number of amides is 1. The second-order valence-electron chi connectivity index (χ2n) is 4.25. The molecule has 0 unspecified atom stereocenters. The molecule has 0 fully saturated rings. The fourth-order valence-corrected chi connectivity index (χ4v) is 1.83. The molecule has 0 heterocycles. The summed E-state index contributed by atoms with van der Waals surface area (Å²) >= 11 is 5.78. The van der Waals surface area contributed by atoms with E-state index in [4.69, 9.17) is 21.1 Å². The van der Waals surface area contributed by atoms with Crippen molar-refractivity contribution in [2.45, 2.75) is 6.92 Å². The quantitative estimate of drug-likeness (QED) is 0.884. The molecule has 0 aliphatic heterocycles. The molecule has 2 rings (SSSR count). The van der Waals surface area contributed by atoms with Crippen molar-refractivity contribution in [1.29, 1.82) is 0 Å². The standard InChI is InChI=1S/C16H16ClNO3/c1-2-20-15-5-3-4-13(10-15)18-16(19)11-21-14-8-6-12(17)7-9-14/h3-10H,2,11H2,1H3,(H,18,19). The van der Waals surface area contributed by atoms with Crippen molar-refractivity contribution < 1.29 is 14.3 Å². The van der Waals surface area contributed by atoms with Crippen LogP contribution in [0.2, 0.25) is 5.02 Å². The Kier molecular flexibility index (Phi) is 5.46. The molecule has 2 aromatic carbocycles. The molecule has 0 atom stereocenters. The fourth-order valence-electron chi connectivity index (χ4n) is 1.71. The van der Waals surface area contributed by atoms with E-state index < -0.39 is 0 Å². The first kappa shape index (κ1) is 15.2. The van der Waals surface area contributed by atoms with Crippen LogP contribution in [-0.4, -0.2) is 19.1 Å². The first-order valence-corrected chi connectivity index (χ1v) is 6.96. The van der Waals surface area contributed by atoms with E-state index in [9.17, 15) is 4.79 Å². The average molecular weight is 306 g/mol. The van der Waals surface area contributed by atoms with E-state index in [-0.39, 0.29) is 12.5 Å². The molecule has 21 heavy (non-hydrogen) atoms. The van der Waals surface area contributed by atoms with Crippen LogP contribution in [0.5, 0.6) is 11.5 Å². The Morgan fingerprint density at radius 1 is 1.10 bits per heavy atom. The van der Waals surface area contributed by atoms with Gasteiger partial charge < -0.3 is 14.8 Å². The van der Waals surface area contributed by atoms with Crippen molar-refractivity contribution in [3.8, 4) is 11.5 Å². The Labute approximate surface area is 128 Å². The van der Waals surface area contributed by atoms with Crippen LogP contribution < -0.4 is 14.8 Å². The number of hydrogen-bond donors (Lipinski definition) is 1. The lowest BCUT2D eigenvalue weighted by atomic mass is 10.3. The fraction of sp³-hybridized carbons (Fsp3) is 0.188. The summed E-state index contributed by atoms with van der Waals surface area (Å²) in [5.74, 6) is 1.07. The molecule has 0 aliphatic rings. The molecule has 0 saturated carbocycles. The molecule has 1 amide bonds. The van der Waals surface area contributed by atoms with Gasteiger partial charge in [0, 0.05) is 16.8 Å². The zero-order valence-electron chi connectivity index (χ0n) is 11.6. The molecule has 2 aromatic rings. The summed E-state index contributed by atoms with van der Waals surface area (Å²) in [6, 6.07) is 14.1. The van der Waals surface area contributed by atoms with Gasteiger partial charge in [0.05, 0.1) is 6.61 Å². The van der Waals surface area contributed by atoms with Gasteiger partial charge in [-0.1, -0.05) is 17.7 Å². The molecular formula is C16H16ClNO3. The third-order valence-electron chi connectivity index (χ3n) is 2.61. The monoisotopic (exact) mass is 305 g/mol. The molecule has 0 aliphatic carbocycles. The Morgan fingerprint density at radius 2 is 1.86 bits per heavy atom. The van der Waals surface area contributed by atoms with Crippen LogP contribution in [0.1, 0.15) is 6.92 Å². The van der Waals surface area contributed by atoms with E-state index in [1.54, 1.807) is 36.4 Å². The second kappa shape index (κ2) is 7.55. The lowest BCUT2D eigenvalue weighted by Gasteiger charge is -2.09. The van der Waals surface area contributed by atoms with Gasteiger partial charge in [0.1, 0.15) is 11.5 Å². The second-order valence-corrected chi connectivity index (χ2v) is 4.69. The number of benzene rings is 2. The van der Waals surface area contributed by atoms with Crippen molar-refractivity contribution in [2.24, 2.45) is 0 Å². The van der Waals surface area contributed by atoms with Crippen molar-refractivity contribution >= 4 is 23.2 Å². The van der Waals surface area contributed by atoms with Crippen molar-refractivity contribution in [3.63, 3.8) is 0 Å². The molecule has 0 bridgehead atoms. The molecule has 4 nitrogen and oxygen atoms in total. The highest BCUT2D eigenvalue weighted by Gasteiger charge is 2.04. The third-order valence-corrected chi connectivity index (χ3v) is 2.86. The van der Waals surface area contributed by atoms with Gasteiger partial charge in [0.2, 0.25) is 0 Å². The maximum absolute atomic E-state index is 11.8. The summed E-state index contributed by atoms with van der Waals surface area (Å²) in [6.45, 7) is 2.42. The average Bonchev–Trinajstić information content (AvgIpc) is 2.47. The lowest BCUT2D eigenvalue weighted by Crippen LogP contribution is -2.20. The highest BCUT2D eigenvalue weighted by Crippen LogP contribution is 2.18. The Hall–Kier alpha value is -2.20. The number of hydrogen-bond acceptors (Lipinski definition) is 3. The molecule has 0 saturated heterocycles. The highest BCUT2D eigenvalue weighted by molar-refractivity contribution is 6.30. The Bertz CT molecular complexity index is 599. The van der Waals surface area contributed by atoms with Crippen molar-refractivity contribution in [3.05, 3.63) is 53.6 Å². The van der Waals surface area contributed by atoms with Crippen LogP contribution in [0.3, 0.4) is 0 Å². The predicted octanol–water partition coefficient (Wildman–Crippen LogP) is 3.76. The molecule has 110 valence electrons. The topological polar surface area (TPSA) is 47.6 Å². The van der Waals surface area contributed by atoms with Crippen LogP contribution >= 0.6 is 11.6 Å². The van der Waals surface area contributed by atoms with Gasteiger partial charge in [-0.05, 0) is 43.3 Å². The maximum Gasteiger partial charge on any atom is 0.262 e. The summed E-state index contributed by atoms with van der Waals surface area (Å²) in [5.41, 5.74) is 0.672. The number of ether oxygens (including phenoxy) is 2. The van der Waals surface area contributed by atoms with Crippen LogP contribution in [0.4, 0.5) is 5.69 Å². The lowest BCUT2D eigenvalue weighted by molar-refractivity contribution is -0.118. The van der Waals surface area contributed by atoms with Crippen LogP contribution in [0.15, 0.2) is 48.5 Å². The molecule has 0 spiro atoms. The summed E-state index contributed by atoms with van der Waals surface area (Å²) in [5, 5.41) is 3.38. The van der Waals surface area contributed by atoms with E-state index in [0.717, 1.165) is 0 Å². The van der Waals surface area contributed by atoms with Crippen molar-refractivity contribution in [1.82, 2.24) is 0 Å². The van der Waals surface area contributed by atoms with Crippen LogP contribution in [0.25, 0.3) is 0 Å². The van der Waals surface area contributed by atoms with Gasteiger partial charge in [0.25, 0.3) is 5.91 Å². The van der Waals surface area contributed by atoms with Gasteiger partial charge >= 0.3 is 0 Å². The minimum absolute atomic E-state index is 0.0690. The van der Waals surface area contributed by atoms with Gasteiger partial charge in [-0.2, -0.15) is 0 Å². The normalized spacial score (nSPS) is 10.0.